The quantitative estimate of drug-likeness (QED) is 0.768. The Balaban J connectivity index is 1.97. The Bertz CT molecular complexity index is 351. The molecule has 0 amide bonds. The molecule has 1 aromatic rings. The highest BCUT2D eigenvalue weighted by atomic mass is 32.1. The largest absolute Gasteiger partial charge is 0.323 e. The molecule has 82 valence electrons. The van der Waals surface area contributed by atoms with Crippen LogP contribution in [0.3, 0.4) is 0 Å². The van der Waals surface area contributed by atoms with Gasteiger partial charge < -0.3 is 5.73 Å². The number of nitrogens with two attached hydrogens (primary N) is 1. The van der Waals surface area contributed by atoms with Crippen LogP contribution >= 0.6 is 11.3 Å². The molecule has 0 aliphatic heterocycles. The Morgan fingerprint density at radius 2 is 2.27 bits per heavy atom. The number of thiophene rings is 1. The average Bonchev–Trinajstić information content (AvgIpc) is 2.66. The maximum absolute atomic E-state index is 6.21. The van der Waals surface area contributed by atoms with Crippen LogP contribution in [0.4, 0.5) is 0 Å². The lowest BCUT2D eigenvalue weighted by molar-refractivity contribution is 0.633. The zero-order valence-corrected chi connectivity index (χ0v) is 10.1. The van der Waals surface area contributed by atoms with Crippen molar-refractivity contribution < 1.29 is 0 Å². The van der Waals surface area contributed by atoms with Crippen LogP contribution < -0.4 is 5.73 Å². The van der Waals surface area contributed by atoms with E-state index in [0.717, 1.165) is 6.42 Å². The molecule has 2 N–H and O–H groups in total. The molecule has 0 saturated carbocycles. The van der Waals surface area contributed by atoms with Gasteiger partial charge in [-0.05, 0) is 51.2 Å². The van der Waals surface area contributed by atoms with Gasteiger partial charge in [-0.2, -0.15) is 0 Å². The van der Waals surface area contributed by atoms with Crippen LogP contribution in [0.15, 0.2) is 23.8 Å². The molecule has 15 heavy (non-hydrogen) atoms. The molecule has 0 spiro atoms. The van der Waals surface area contributed by atoms with Crippen molar-refractivity contribution in [1.82, 2.24) is 0 Å². The van der Waals surface area contributed by atoms with Crippen molar-refractivity contribution in [3.63, 3.8) is 0 Å². The molecule has 1 heterocycles. The van der Waals surface area contributed by atoms with Crippen molar-refractivity contribution in [1.29, 1.82) is 0 Å². The van der Waals surface area contributed by atoms with Gasteiger partial charge in [0.2, 0.25) is 0 Å². The fraction of sp³-hybridized carbons (Fsp3) is 0.538. The second-order valence-corrected chi connectivity index (χ2v) is 5.69. The minimum Gasteiger partial charge on any atom is -0.323 e. The predicted molar refractivity (Wildman–Crippen MR) is 67.2 cm³/mol. The summed E-state index contributed by atoms with van der Waals surface area (Å²) in [4.78, 5) is 2.69. The summed E-state index contributed by atoms with van der Waals surface area (Å²) < 4.78 is 0. The first-order chi connectivity index (χ1) is 7.25. The lowest BCUT2D eigenvalue weighted by Crippen LogP contribution is -2.10. The average molecular weight is 221 g/mol. The van der Waals surface area contributed by atoms with Crippen molar-refractivity contribution in [2.24, 2.45) is 5.73 Å². The Hall–Kier alpha value is -0.600. The third kappa shape index (κ3) is 2.93. The van der Waals surface area contributed by atoms with Gasteiger partial charge in [-0.25, -0.2) is 0 Å². The van der Waals surface area contributed by atoms with E-state index >= 15 is 0 Å². The van der Waals surface area contributed by atoms with Crippen LogP contribution in [0.1, 0.15) is 47.9 Å². The Morgan fingerprint density at radius 3 is 2.87 bits per heavy atom. The van der Waals surface area contributed by atoms with E-state index in [4.69, 9.17) is 5.73 Å². The van der Waals surface area contributed by atoms with Crippen molar-refractivity contribution in [2.75, 3.05) is 0 Å². The number of hydrogen-bond donors (Lipinski definition) is 1. The molecule has 1 aliphatic rings. The summed E-state index contributed by atoms with van der Waals surface area (Å²) in [6.45, 7) is 2.14. The van der Waals surface area contributed by atoms with Crippen LogP contribution in [0, 0.1) is 6.92 Å². The number of hydrogen-bond acceptors (Lipinski definition) is 2. The highest BCUT2D eigenvalue weighted by Crippen LogP contribution is 2.29. The lowest BCUT2D eigenvalue weighted by Gasteiger charge is -2.16. The summed E-state index contributed by atoms with van der Waals surface area (Å²) in [5, 5.41) is 0. The van der Waals surface area contributed by atoms with Gasteiger partial charge >= 0.3 is 0 Å². The zero-order chi connectivity index (χ0) is 10.7. The normalized spacial score (nSPS) is 18.7. The molecule has 0 radical (unpaired) electrons. The van der Waals surface area contributed by atoms with Gasteiger partial charge in [-0.15, -0.1) is 11.3 Å². The molecular formula is C13H19NS. The maximum Gasteiger partial charge on any atom is 0.0427 e. The molecule has 0 fully saturated rings. The topological polar surface area (TPSA) is 26.0 Å². The van der Waals surface area contributed by atoms with E-state index in [1.807, 2.05) is 11.3 Å². The minimum absolute atomic E-state index is 0.216. The first kappa shape index (κ1) is 10.9. The molecule has 1 aliphatic carbocycles. The van der Waals surface area contributed by atoms with Crippen molar-refractivity contribution in [3.8, 4) is 0 Å². The second kappa shape index (κ2) is 4.95. The zero-order valence-electron chi connectivity index (χ0n) is 9.33. The SMILES string of the molecule is Cc1ccc(C(N)CC2=CCCCC2)s1. The Morgan fingerprint density at radius 1 is 1.40 bits per heavy atom. The lowest BCUT2D eigenvalue weighted by atomic mass is 9.94. The summed E-state index contributed by atoms with van der Waals surface area (Å²) in [5.74, 6) is 0. The van der Waals surface area contributed by atoms with Crippen LogP contribution in [-0.4, -0.2) is 0 Å². The van der Waals surface area contributed by atoms with E-state index in [1.165, 1.54) is 35.4 Å². The fourth-order valence-electron chi connectivity index (χ4n) is 2.13. The first-order valence-electron chi connectivity index (χ1n) is 5.75. The van der Waals surface area contributed by atoms with Gasteiger partial charge in [-0.1, -0.05) is 11.6 Å². The third-order valence-corrected chi connectivity index (χ3v) is 4.13. The summed E-state index contributed by atoms with van der Waals surface area (Å²) in [5.41, 5.74) is 7.78. The smallest absolute Gasteiger partial charge is 0.0427 e. The van der Waals surface area contributed by atoms with E-state index in [1.54, 1.807) is 5.57 Å². The molecule has 0 saturated heterocycles. The molecule has 1 atom stereocenters. The maximum atomic E-state index is 6.21. The molecular weight excluding hydrogens is 202 g/mol. The summed E-state index contributed by atoms with van der Waals surface area (Å²) in [7, 11) is 0. The number of allylic oxidation sites excluding steroid dienone is 1. The minimum atomic E-state index is 0.216. The fourth-order valence-corrected chi connectivity index (χ4v) is 3.00. The van der Waals surface area contributed by atoms with E-state index in [2.05, 4.69) is 25.1 Å². The third-order valence-electron chi connectivity index (χ3n) is 2.99. The number of aryl methyl sites for hydroxylation is 1. The Labute approximate surface area is 96.0 Å². The molecule has 2 heteroatoms. The number of rotatable bonds is 3. The van der Waals surface area contributed by atoms with E-state index < -0.39 is 0 Å². The Kier molecular flexibility index (Phi) is 3.60. The van der Waals surface area contributed by atoms with Crippen LogP contribution in [0.2, 0.25) is 0 Å². The van der Waals surface area contributed by atoms with Gasteiger partial charge in [-0.3, -0.25) is 0 Å². The van der Waals surface area contributed by atoms with E-state index in [-0.39, 0.29) is 6.04 Å². The van der Waals surface area contributed by atoms with Crippen LogP contribution in [0.25, 0.3) is 0 Å². The van der Waals surface area contributed by atoms with Crippen molar-refractivity contribution in [3.05, 3.63) is 33.5 Å². The summed E-state index contributed by atoms with van der Waals surface area (Å²) >= 11 is 1.83. The van der Waals surface area contributed by atoms with Crippen molar-refractivity contribution >= 4 is 11.3 Å². The van der Waals surface area contributed by atoms with E-state index in [9.17, 15) is 0 Å². The van der Waals surface area contributed by atoms with Gasteiger partial charge in [0.1, 0.15) is 0 Å². The van der Waals surface area contributed by atoms with Gasteiger partial charge in [0.05, 0.1) is 0 Å². The second-order valence-electron chi connectivity index (χ2n) is 4.37. The standard InChI is InChI=1S/C13H19NS/c1-10-7-8-13(15-10)12(14)9-11-5-3-2-4-6-11/h5,7-8,12H,2-4,6,9,14H2,1H3. The van der Waals surface area contributed by atoms with Gasteiger partial charge in [0.15, 0.2) is 0 Å². The van der Waals surface area contributed by atoms with Crippen LogP contribution in [-0.2, 0) is 0 Å². The monoisotopic (exact) mass is 221 g/mol. The summed E-state index contributed by atoms with van der Waals surface area (Å²) in [6.07, 6.45) is 8.67. The summed E-state index contributed by atoms with van der Waals surface area (Å²) in [6, 6.07) is 4.55. The molecule has 0 bridgehead atoms. The molecule has 0 aromatic carbocycles. The van der Waals surface area contributed by atoms with E-state index in [0.29, 0.717) is 0 Å². The molecule has 2 rings (SSSR count). The first-order valence-corrected chi connectivity index (χ1v) is 6.57. The van der Waals surface area contributed by atoms with Crippen molar-refractivity contribution in [2.45, 2.75) is 45.1 Å². The highest BCUT2D eigenvalue weighted by Gasteiger charge is 2.12. The predicted octanol–water partition coefficient (Wildman–Crippen LogP) is 3.95. The highest BCUT2D eigenvalue weighted by molar-refractivity contribution is 7.12. The molecule has 1 aromatic heterocycles. The van der Waals surface area contributed by atoms with Gasteiger partial charge in [0.25, 0.3) is 0 Å². The molecule has 1 nitrogen and oxygen atoms in total. The van der Waals surface area contributed by atoms with Crippen LogP contribution in [0.5, 0.6) is 0 Å². The molecule has 1 unspecified atom stereocenters. The van der Waals surface area contributed by atoms with Gasteiger partial charge in [0, 0.05) is 15.8 Å².